The molecule has 1 nitrogen and oxygen atoms in total. The van der Waals surface area contributed by atoms with Crippen LogP contribution in [0.4, 0.5) is 0 Å². The lowest BCUT2D eigenvalue weighted by atomic mass is 9.87. The molecular weight excluding hydrogens is 202 g/mol. The van der Waals surface area contributed by atoms with Crippen molar-refractivity contribution >= 4 is 11.8 Å². The van der Waals surface area contributed by atoms with Crippen molar-refractivity contribution in [3.05, 3.63) is 0 Å². The zero-order valence-electron chi connectivity index (χ0n) is 10.0. The van der Waals surface area contributed by atoms with E-state index >= 15 is 0 Å². The molecule has 2 aliphatic carbocycles. The summed E-state index contributed by atoms with van der Waals surface area (Å²) in [6, 6.07) is 0.829. The van der Waals surface area contributed by atoms with Crippen LogP contribution in [-0.4, -0.2) is 24.1 Å². The Morgan fingerprint density at radius 1 is 1.20 bits per heavy atom. The van der Waals surface area contributed by atoms with Crippen LogP contribution in [0, 0.1) is 11.8 Å². The highest BCUT2D eigenvalue weighted by atomic mass is 32.2. The van der Waals surface area contributed by atoms with Gasteiger partial charge in [0.25, 0.3) is 0 Å². The molecule has 0 aromatic rings. The number of thioether (sulfide) groups is 1. The second kappa shape index (κ2) is 6.15. The summed E-state index contributed by atoms with van der Waals surface area (Å²) in [7, 11) is 0. The minimum Gasteiger partial charge on any atom is -0.313 e. The molecule has 2 fully saturated rings. The molecule has 0 saturated heterocycles. The van der Waals surface area contributed by atoms with E-state index in [2.05, 4.69) is 24.0 Å². The maximum absolute atomic E-state index is 3.73. The van der Waals surface area contributed by atoms with E-state index in [1.165, 1.54) is 56.6 Å². The van der Waals surface area contributed by atoms with Crippen molar-refractivity contribution in [1.29, 1.82) is 0 Å². The molecule has 2 unspecified atom stereocenters. The van der Waals surface area contributed by atoms with E-state index in [0.717, 1.165) is 17.9 Å². The van der Waals surface area contributed by atoms with E-state index in [0.29, 0.717) is 0 Å². The average molecular weight is 227 g/mol. The van der Waals surface area contributed by atoms with Gasteiger partial charge in [0.1, 0.15) is 0 Å². The van der Waals surface area contributed by atoms with Crippen molar-refractivity contribution in [3.8, 4) is 0 Å². The fourth-order valence-electron chi connectivity index (χ4n) is 2.49. The van der Waals surface area contributed by atoms with Gasteiger partial charge in [-0.05, 0) is 43.3 Å². The van der Waals surface area contributed by atoms with Gasteiger partial charge in [-0.2, -0.15) is 11.8 Å². The first kappa shape index (κ1) is 11.8. The third-order valence-electron chi connectivity index (χ3n) is 3.67. The van der Waals surface area contributed by atoms with Gasteiger partial charge in [-0.15, -0.1) is 0 Å². The summed E-state index contributed by atoms with van der Waals surface area (Å²) in [6.45, 7) is 3.63. The van der Waals surface area contributed by atoms with E-state index in [1.54, 1.807) is 0 Å². The predicted octanol–water partition coefficient (Wildman–Crippen LogP) is 3.30. The fraction of sp³-hybridized carbons (Fsp3) is 1.00. The van der Waals surface area contributed by atoms with Crippen molar-refractivity contribution in [3.63, 3.8) is 0 Å². The zero-order valence-corrected chi connectivity index (χ0v) is 10.8. The molecule has 2 atom stereocenters. The Morgan fingerprint density at radius 2 is 2.07 bits per heavy atom. The summed E-state index contributed by atoms with van der Waals surface area (Å²) in [4.78, 5) is 0. The van der Waals surface area contributed by atoms with Gasteiger partial charge < -0.3 is 5.32 Å². The molecule has 2 heteroatoms. The molecule has 0 aromatic carbocycles. The highest BCUT2D eigenvalue weighted by Gasteiger charge is 2.21. The Morgan fingerprint density at radius 3 is 2.80 bits per heavy atom. The van der Waals surface area contributed by atoms with Crippen LogP contribution in [0.5, 0.6) is 0 Å². The minimum atomic E-state index is 0.829. The Kier molecular flexibility index (Phi) is 4.83. The molecule has 0 aliphatic heterocycles. The molecule has 0 bridgehead atoms. The Hall–Kier alpha value is 0.310. The third kappa shape index (κ3) is 4.78. The third-order valence-corrected chi connectivity index (χ3v) is 4.87. The second-order valence-electron chi connectivity index (χ2n) is 5.44. The molecule has 0 amide bonds. The molecule has 2 aliphatic rings. The summed E-state index contributed by atoms with van der Waals surface area (Å²) >= 11 is 2.15. The van der Waals surface area contributed by atoms with Crippen molar-refractivity contribution in [2.75, 3.05) is 18.1 Å². The van der Waals surface area contributed by atoms with Crippen LogP contribution < -0.4 is 5.32 Å². The number of rotatable bonds is 6. The lowest BCUT2D eigenvalue weighted by Crippen LogP contribution is -2.34. The molecule has 1 N–H and O–H groups in total. The SMILES string of the molecule is CC1CCCC(NCCSCC2CC2)C1. The smallest absolute Gasteiger partial charge is 0.00699 e. The van der Waals surface area contributed by atoms with Gasteiger partial charge in [0.05, 0.1) is 0 Å². The molecule has 88 valence electrons. The van der Waals surface area contributed by atoms with Crippen molar-refractivity contribution in [1.82, 2.24) is 5.32 Å². The normalized spacial score (nSPS) is 31.8. The fourth-order valence-corrected chi connectivity index (χ4v) is 3.58. The van der Waals surface area contributed by atoms with Crippen LogP contribution >= 0.6 is 11.8 Å². The van der Waals surface area contributed by atoms with Gasteiger partial charge in [0, 0.05) is 18.3 Å². The molecule has 2 rings (SSSR count). The van der Waals surface area contributed by atoms with E-state index in [4.69, 9.17) is 0 Å². The van der Waals surface area contributed by atoms with Crippen LogP contribution in [0.2, 0.25) is 0 Å². The highest BCUT2D eigenvalue weighted by Crippen LogP contribution is 2.32. The summed E-state index contributed by atoms with van der Waals surface area (Å²) in [5.74, 6) is 4.78. The Balaban J connectivity index is 1.45. The standard InChI is InChI=1S/C13H25NS/c1-11-3-2-4-13(9-11)14-7-8-15-10-12-5-6-12/h11-14H,2-10H2,1H3. The van der Waals surface area contributed by atoms with Crippen LogP contribution in [0.3, 0.4) is 0 Å². The molecule has 0 heterocycles. The first-order valence-electron chi connectivity index (χ1n) is 6.65. The highest BCUT2D eigenvalue weighted by molar-refractivity contribution is 7.99. The monoisotopic (exact) mass is 227 g/mol. The maximum Gasteiger partial charge on any atom is 0.00699 e. The summed E-state index contributed by atoms with van der Waals surface area (Å²) in [6.07, 6.45) is 8.72. The number of hydrogen-bond donors (Lipinski definition) is 1. The molecule has 0 spiro atoms. The van der Waals surface area contributed by atoms with Gasteiger partial charge in [-0.1, -0.05) is 19.8 Å². The molecule has 0 radical (unpaired) electrons. The number of hydrogen-bond acceptors (Lipinski definition) is 2. The number of nitrogens with one attached hydrogen (secondary N) is 1. The first-order valence-corrected chi connectivity index (χ1v) is 7.81. The average Bonchev–Trinajstić information content (AvgIpc) is 3.01. The quantitative estimate of drug-likeness (QED) is 0.699. The second-order valence-corrected chi connectivity index (χ2v) is 6.59. The predicted molar refractivity (Wildman–Crippen MR) is 69.5 cm³/mol. The van der Waals surface area contributed by atoms with Crippen molar-refractivity contribution in [2.45, 2.75) is 51.5 Å². The van der Waals surface area contributed by atoms with Crippen LogP contribution in [0.15, 0.2) is 0 Å². The summed E-state index contributed by atoms with van der Waals surface area (Å²) in [5, 5.41) is 3.73. The van der Waals surface area contributed by atoms with E-state index in [9.17, 15) is 0 Å². The molecule has 15 heavy (non-hydrogen) atoms. The van der Waals surface area contributed by atoms with E-state index < -0.39 is 0 Å². The summed E-state index contributed by atoms with van der Waals surface area (Å²) < 4.78 is 0. The Labute approximate surface area is 98.8 Å². The van der Waals surface area contributed by atoms with Gasteiger partial charge in [-0.3, -0.25) is 0 Å². The van der Waals surface area contributed by atoms with Crippen LogP contribution in [0.1, 0.15) is 45.4 Å². The molecule has 0 aromatic heterocycles. The topological polar surface area (TPSA) is 12.0 Å². The molecule has 2 saturated carbocycles. The van der Waals surface area contributed by atoms with Gasteiger partial charge in [-0.25, -0.2) is 0 Å². The molecular formula is C13H25NS. The largest absolute Gasteiger partial charge is 0.313 e. The summed E-state index contributed by atoms with van der Waals surface area (Å²) in [5.41, 5.74) is 0. The minimum absolute atomic E-state index is 0.829. The van der Waals surface area contributed by atoms with E-state index in [1.807, 2.05) is 0 Å². The van der Waals surface area contributed by atoms with Gasteiger partial charge >= 0.3 is 0 Å². The van der Waals surface area contributed by atoms with Crippen LogP contribution in [-0.2, 0) is 0 Å². The van der Waals surface area contributed by atoms with Gasteiger partial charge in [0.2, 0.25) is 0 Å². The lowest BCUT2D eigenvalue weighted by molar-refractivity contribution is 0.306. The van der Waals surface area contributed by atoms with Crippen LogP contribution in [0.25, 0.3) is 0 Å². The van der Waals surface area contributed by atoms with Crippen molar-refractivity contribution < 1.29 is 0 Å². The van der Waals surface area contributed by atoms with Gasteiger partial charge in [0.15, 0.2) is 0 Å². The van der Waals surface area contributed by atoms with Crippen molar-refractivity contribution in [2.24, 2.45) is 11.8 Å². The first-order chi connectivity index (χ1) is 7.34. The maximum atomic E-state index is 3.73. The zero-order chi connectivity index (χ0) is 10.5. The van der Waals surface area contributed by atoms with E-state index in [-0.39, 0.29) is 0 Å². The lowest BCUT2D eigenvalue weighted by Gasteiger charge is -2.27. The Bertz CT molecular complexity index is 179.